The van der Waals surface area contributed by atoms with Gasteiger partial charge in [-0.2, -0.15) is 0 Å². The van der Waals surface area contributed by atoms with Crippen molar-refractivity contribution in [2.45, 2.75) is 25.6 Å². The van der Waals surface area contributed by atoms with Crippen molar-refractivity contribution >= 4 is 12.6 Å². The summed E-state index contributed by atoms with van der Waals surface area (Å²) in [7, 11) is 0. The van der Waals surface area contributed by atoms with Crippen molar-refractivity contribution in [1.29, 1.82) is 0 Å². The lowest BCUT2D eigenvalue weighted by Gasteiger charge is -2.22. The largest absolute Gasteiger partial charge is 0.364 e. The lowest BCUT2D eigenvalue weighted by molar-refractivity contribution is 0.0625. The summed E-state index contributed by atoms with van der Waals surface area (Å²) in [4.78, 5) is 22.4. The Labute approximate surface area is 166 Å². The van der Waals surface area contributed by atoms with Crippen LogP contribution in [0.4, 0.5) is 8.78 Å². The van der Waals surface area contributed by atoms with E-state index in [2.05, 4.69) is 0 Å². The molecule has 1 aliphatic rings. The smallest absolute Gasteiger partial charge is 0.150 e. The van der Waals surface area contributed by atoms with E-state index in [0.717, 1.165) is 34.8 Å². The normalized spacial score (nSPS) is 13.3. The number of halogens is 2. The molecule has 4 rings (SSSR count). The van der Waals surface area contributed by atoms with Gasteiger partial charge in [0.15, 0.2) is 0 Å². The van der Waals surface area contributed by atoms with Gasteiger partial charge in [-0.25, -0.2) is 8.78 Å². The topological polar surface area (TPSA) is 43.4 Å². The summed E-state index contributed by atoms with van der Waals surface area (Å²) in [6, 6.07) is 14.4. The molecule has 0 aliphatic heterocycles. The average molecular weight is 392 g/mol. The Balaban J connectivity index is 1.77. The first-order valence-electron chi connectivity index (χ1n) is 9.31. The van der Waals surface area contributed by atoms with E-state index in [1.54, 1.807) is 12.1 Å². The van der Waals surface area contributed by atoms with Crippen LogP contribution in [0.2, 0.25) is 0 Å². The van der Waals surface area contributed by atoms with Crippen LogP contribution < -0.4 is 0 Å². The van der Waals surface area contributed by atoms with Crippen LogP contribution in [-0.4, -0.2) is 12.6 Å². The number of aldehydes is 2. The van der Waals surface area contributed by atoms with Crippen molar-refractivity contribution in [3.63, 3.8) is 0 Å². The molecule has 3 aromatic carbocycles. The molecular weight excluding hydrogens is 374 g/mol. The number of rotatable bonds is 5. The molecule has 0 heterocycles. The number of benzene rings is 3. The average Bonchev–Trinajstić information content (AvgIpc) is 2.89. The zero-order valence-corrected chi connectivity index (χ0v) is 15.5. The number of carbonyl (C=O) groups is 2. The van der Waals surface area contributed by atoms with Crippen molar-refractivity contribution in [2.75, 3.05) is 0 Å². The van der Waals surface area contributed by atoms with Gasteiger partial charge in [0.25, 0.3) is 0 Å². The lowest BCUT2D eigenvalue weighted by atomic mass is 9.95. The summed E-state index contributed by atoms with van der Waals surface area (Å²) in [5.41, 5.74) is 4.57. The van der Waals surface area contributed by atoms with Gasteiger partial charge in [0.05, 0.1) is 6.61 Å². The Morgan fingerprint density at radius 1 is 0.828 bits per heavy atom. The van der Waals surface area contributed by atoms with E-state index in [1.807, 2.05) is 24.3 Å². The highest BCUT2D eigenvalue weighted by Gasteiger charge is 2.26. The van der Waals surface area contributed by atoms with Crippen molar-refractivity contribution in [3.8, 4) is 0 Å². The fourth-order valence-electron chi connectivity index (χ4n) is 3.80. The Hall–Kier alpha value is -3.18. The third-order valence-corrected chi connectivity index (χ3v) is 5.29. The summed E-state index contributed by atoms with van der Waals surface area (Å²) in [5, 5.41) is 0. The van der Waals surface area contributed by atoms with E-state index in [4.69, 9.17) is 4.74 Å². The van der Waals surface area contributed by atoms with Crippen LogP contribution in [0.3, 0.4) is 0 Å². The monoisotopic (exact) mass is 392 g/mol. The minimum atomic E-state index is -0.660. The second kappa shape index (κ2) is 8.05. The number of ether oxygens (including phenoxy) is 1. The van der Waals surface area contributed by atoms with Gasteiger partial charge < -0.3 is 4.74 Å². The summed E-state index contributed by atoms with van der Waals surface area (Å²) >= 11 is 0. The minimum Gasteiger partial charge on any atom is -0.364 e. The Kier molecular flexibility index (Phi) is 5.32. The van der Waals surface area contributed by atoms with Gasteiger partial charge >= 0.3 is 0 Å². The first-order valence-corrected chi connectivity index (χ1v) is 9.31. The molecule has 29 heavy (non-hydrogen) atoms. The molecule has 0 unspecified atom stereocenters. The van der Waals surface area contributed by atoms with Crippen LogP contribution in [0.1, 0.15) is 54.6 Å². The number of hydrogen-bond acceptors (Lipinski definition) is 3. The molecule has 0 aromatic heterocycles. The summed E-state index contributed by atoms with van der Waals surface area (Å²) in [6.07, 6.45) is 2.34. The Morgan fingerprint density at radius 2 is 1.34 bits per heavy atom. The number of carbonyl (C=O) groups excluding carboxylic acids is 2. The number of fused-ring (bicyclic) bond motifs is 2. The quantitative estimate of drug-likeness (QED) is 0.574. The second-order valence-corrected chi connectivity index (χ2v) is 7.04. The predicted octanol–water partition coefficient (Wildman–Crippen LogP) is 4.99. The molecule has 0 saturated carbocycles. The molecule has 3 aromatic rings. The fourth-order valence-corrected chi connectivity index (χ4v) is 3.80. The molecule has 3 nitrogen and oxygen atoms in total. The SMILES string of the molecule is O=Cc1ccc2c(c1)CCc1cc(C=O)ccc1C2OCc1c(F)cccc1F. The summed E-state index contributed by atoms with van der Waals surface area (Å²) < 4.78 is 34.2. The lowest BCUT2D eigenvalue weighted by Crippen LogP contribution is -2.11. The maximum atomic E-state index is 14.1. The van der Waals surface area contributed by atoms with Crippen molar-refractivity contribution < 1.29 is 23.1 Å². The van der Waals surface area contributed by atoms with Gasteiger partial charge in [-0.3, -0.25) is 9.59 Å². The van der Waals surface area contributed by atoms with Gasteiger partial charge in [0.2, 0.25) is 0 Å². The predicted molar refractivity (Wildman–Crippen MR) is 104 cm³/mol. The van der Waals surface area contributed by atoms with Gasteiger partial charge in [0.1, 0.15) is 30.3 Å². The van der Waals surface area contributed by atoms with E-state index in [1.165, 1.54) is 18.2 Å². The first kappa shape index (κ1) is 19.2. The van der Waals surface area contributed by atoms with Crippen LogP contribution in [-0.2, 0) is 24.2 Å². The first-order chi connectivity index (χ1) is 14.1. The number of aryl methyl sites for hydroxylation is 2. The zero-order valence-electron chi connectivity index (χ0n) is 15.5. The molecule has 1 aliphatic carbocycles. The van der Waals surface area contributed by atoms with Crippen LogP contribution in [0, 0.1) is 11.6 Å². The van der Waals surface area contributed by atoms with Crippen molar-refractivity contribution in [2.24, 2.45) is 0 Å². The molecule has 0 fully saturated rings. The highest BCUT2D eigenvalue weighted by molar-refractivity contribution is 5.76. The molecule has 146 valence electrons. The van der Waals surface area contributed by atoms with Crippen LogP contribution in [0.15, 0.2) is 54.6 Å². The molecule has 5 heteroatoms. The van der Waals surface area contributed by atoms with Crippen molar-refractivity contribution in [3.05, 3.63) is 105 Å². The fraction of sp³-hybridized carbons (Fsp3) is 0.167. The molecular formula is C24H18F2O3. The Bertz CT molecular complexity index is 1010. The van der Waals surface area contributed by atoms with Gasteiger partial charge in [-0.15, -0.1) is 0 Å². The van der Waals surface area contributed by atoms with E-state index in [9.17, 15) is 18.4 Å². The van der Waals surface area contributed by atoms with Crippen LogP contribution >= 0.6 is 0 Å². The van der Waals surface area contributed by atoms with Gasteiger partial charge in [0, 0.05) is 16.7 Å². The van der Waals surface area contributed by atoms with E-state index < -0.39 is 17.7 Å². The van der Waals surface area contributed by atoms with Gasteiger partial charge in [-0.05, 0) is 59.4 Å². The minimum absolute atomic E-state index is 0.131. The van der Waals surface area contributed by atoms with E-state index >= 15 is 0 Å². The van der Waals surface area contributed by atoms with E-state index in [-0.39, 0.29) is 12.2 Å². The Morgan fingerprint density at radius 3 is 1.83 bits per heavy atom. The standard InChI is InChI=1S/C24H18F2O3/c25-22-2-1-3-23(26)21(22)14-29-24-19-8-4-15(12-27)10-17(19)6-7-18-11-16(13-28)5-9-20(18)24/h1-5,8-13,24H,6-7,14H2. The molecule has 0 radical (unpaired) electrons. The molecule has 0 bridgehead atoms. The molecule has 0 saturated heterocycles. The van der Waals surface area contributed by atoms with E-state index in [0.29, 0.717) is 24.0 Å². The molecule has 0 amide bonds. The molecule has 0 spiro atoms. The molecule has 0 atom stereocenters. The van der Waals surface area contributed by atoms with Crippen LogP contribution in [0.25, 0.3) is 0 Å². The molecule has 0 N–H and O–H groups in total. The highest BCUT2D eigenvalue weighted by Crippen LogP contribution is 2.36. The zero-order chi connectivity index (χ0) is 20.4. The third kappa shape index (κ3) is 3.74. The second-order valence-electron chi connectivity index (χ2n) is 7.04. The number of hydrogen-bond donors (Lipinski definition) is 0. The van der Waals surface area contributed by atoms with Crippen molar-refractivity contribution in [1.82, 2.24) is 0 Å². The summed E-state index contributed by atoms with van der Waals surface area (Å²) in [6.45, 7) is -0.243. The highest BCUT2D eigenvalue weighted by atomic mass is 19.1. The third-order valence-electron chi connectivity index (χ3n) is 5.29. The van der Waals surface area contributed by atoms with Gasteiger partial charge in [-0.1, -0.05) is 30.3 Å². The van der Waals surface area contributed by atoms with Crippen LogP contribution in [0.5, 0.6) is 0 Å². The maximum Gasteiger partial charge on any atom is 0.150 e. The summed E-state index contributed by atoms with van der Waals surface area (Å²) in [5.74, 6) is -1.32. The maximum absolute atomic E-state index is 14.1.